The summed E-state index contributed by atoms with van der Waals surface area (Å²) < 4.78 is 2.71. The Morgan fingerprint density at radius 3 is 3.00 bits per heavy atom. The second-order valence-corrected chi connectivity index (χ2v) is 3.40. The number of primary amides is 1. The van der Waals surface area contributed by atoms with Crippen LogP contribution in [0.4, 0.5) is 0 Å². The van der Waals surface area contributed by atoms with Crippen LogP contribution in [0.1, 0.15) is 10.5 Å². The molecule has 0 saturated carbocycles. The van der Waals surface area contributed by atoms with Crippen LogP contribution in [0.25, 0.3) is 5.52 Å². The van der Waals surface area contributed by atoms with Crippen molar-refractivity contribution in [3.63, 3.8) is 0 Å². The summed E-state index contributed by atoms with van der Waals surface area (Å²) in [5, 5.41) is 0. The number of halogens is 1. The highest BCUT2D eigenvalue weighted by Crippen LogP contribution is 2.15. The summed E-state index contributed by atoms with van der Waals surface area (Å²) in [6.45, 7) is 0. The highest BCUT2D eigenvalue weighted by atomic mass is 79.9. The van der Waals surface area contributed by atoms with Crippen LogP contribution in [0.2, 0.25) is 0 Å². The van der Waals surface area contributed by atoms with Crippen LogP contribution in [0, 0.1) is 0 Å². The lowest BCUT2D eigenvalue weighted by Gasteiger charge is -1.97. The van der Waals surface area contributed by atoms with E-state index in [0.29, 0.717) is 0 Å². The number of aromatic nitrogens is 2. The minimum Gasteiger partial charge on any atom is -0.364 e. The molecule has 2 aromatic heterocycles. The van der Waals surface area contributed by atoms with Gasteiger partial charge in [-0.3, -0.25) is 9.20 Å². The summed E-state index contributed by atoms with van der Waals surface area (Å²) in [5.74, 6) is -0.514. The van der Waals surface area contributed by atoms with Crippen LogP contribution in [-0.4, -0.2) is 15.3 Å². The molecule has 0 fully saturated rings. The van der Waals surface area contributed by atoms with E-state index in [4.69, 9.17) is 5.73 Å². The minimum absolute atomic E-state index is 0.276. The molecule has 4 nitrogen and oxygen atoms in total. The van der Waals surface area contributed by atoms with E-state index >= 15 is 0 Å². The molecule has 13 heavy (non-hydrogen) atoms. The average molecular weight is 240 g/mol. The number of fused-ring (bicyclic) bond motifs is 1. The summed E-state index contributed by atoms with van der Waals surface area (Å²) in [6.07, 6.45) is 1.56. The van der Waals surface area contributed by atoms with Crippen molar-refractivity contribution in [2.24, 2.45) is 5.73 Å². The fourth-order valence-electron chi connectivity index (χ4n) is 1.11. The molecule has 0 spiro atoms. The Balaban J connectivity index is 2.70. The molecule has 0 unspecified atom stereocenters. The lowest BCUT2D eigenvalue weighted by Crippen LogP contribution is -2.13. The maximum absolute atomic E-state index is 10.8. The standard InChI is InChI=1S/C8H6BrN3O/c9-7-2-1-5-3-6(8(10)13)11-4-12(5)7/h1-4H,(H2,10,13). The van der Waals surface area contributed by atoms with Crippen molar-refractivity contribution < 1.29 is 4.79 Å². The maximum atomic E-state index is 10.8. The minimum atomic E-state index is -0.514. The summed E-state index contributed by atoms with van der Waals surface area (Å²) in [4.78, 5) is 14.7. The third-order valence-electron chi connectivity index (χ3n) is 1.75. The van der Waals surface area contributed by atoms with Gasteiger partial charge in [-0.15, -0.1) is 0 Å². The molecule has 2 N–H and O–H groups in total. The van der Waals surface area contributed by atoms with E-state index in [0.717, 1.165) is 10.1 Å². The van der Waals surface area contributed by atoms with Gasteiger partial charge in [0.2, 0.25) is 0 Å². The quantitative estimate of drug-likeness (QED) is 0.813. The predicted octanol–water partition coefficient (Wildman–Crippen LogP) is 1.20. The number of carbonyl (C=O) groups is 1. The SMILES string of the molecule is NC(=O)c1cc2ccc(Br)n2cn1. The molecule has 2 heterocycles. The molecular weight excluding hydrogens is 234 g/mol. The van der Waals surface area contributed by atoms with Crippen molar-refractivity contribution >= 4 is 27.4 Å². The smallest absolute Gasteiger partial charge is 0.267 e. The number of amides is 1. The van der Waals surface area contributed by atoms with Gasteiger partial charge in [0.1, 0.15) is 12.0 Å². The molecule has 2 rings (SSSR count). The largest absolute Gasteiger partial charge is 0.364 e. The van der Waals surface area contributed by atoms with E-state index in [2.05, 4.69) is 20.9 Å². The number of hydrogen-bond acceptors (Lipinski definition) is 2. The molecule has 0 aliphatic rings. The van der Waals surface area contributed by atoms with Crippen molar-refractivity contribution in [3.05, 3.63) is 34.8 Å². The number of nitrogens with two attached hydrogens (primary N) is 1. The Hall–Kier alpha value is -1.36. The Morgan fingerprint density at radius 1 is 1.54 bits per heavy atom. The monoisotopic (exact) mass is 239 g/mol. The van der Waals surface area contributed by atoms with Crippen LogP contribution in [0.15, 0.2) is 29.1 Å². The van der Waals surface area contributed by atoms with Gasteiger partial charge < -0.3 is 5.73 Å². The average Bonchev–Trinajstić information content (AvgIpc) is 2.47. The van der Waals surface area contributed by atoms with Gasteiger partial charge in [-0.25, -0.2) is 4.98 Å². The molecule has 0 atom stereocenters. The molecule has 66 valence electrons. The highest BCUT2D eigenvalue weighted by molar-refractivity contribution is 9.10. The topological polar surface area (TPSA) is 60.4 Å². The summed E-state index contributed by atoms with van der Waals surface area (Å²) in [7, 11) is 0. The Labute approximate surface area is 82.5 Å². The zero-order chi connectivity index (χ0) is 9.42. The number of hydrogen-bond donors (Lipinski definition) is 1. The third kappa shape index (κ3) is 1.31. The fourth-order valence-corrected chi connectivity index (χ4v) is 1.54. The van der Waals surface area contributed by atoms with Gasteiger partial charge in [-0.2, -0.15) is 0 Å². The van der Waals surface area contributed by atoms with Crippen molar-refractivity contribution in [1.29, 1.82) is 0 Å². The molecule has 0 bridgehead atoms. The zero-order valence-electron chi connectivity index (χ0n) is 6.57. The van der Waals surface area contributed by atoms with Crippen LogP contribution < -0.4 is 5.73 Å². The van der Waals surface area contributed by atoms with Gasteiger partial charge in [-0.05, 0) is 34.1 Å². The molecule has 1 amide bonds. The van der Waals surface area contributed by atoms with E-state index in [9.17, 15) is 4.79 Å². The first-order chi connectivity index (χ1) is 6.18. The van der Waals surface area contributed by atoms with Crippen molar-refractivity contribution in [2.75, 3.05) is 0 Å². The van der Waals surface area contributed by atoms with Gasteiger partial charge in [-0.1, -0.05) is 0 Å². The number of rotatable bonds is 1. The van der Waals surface area contributed by atoms with Gasteiger partial charge in [0.15, 0.2) is 0 Å². The molecule has 0 aliphatic carbocycles. The normalized spacial score (nSPS) is 10.5. The van der Waals surface area contributed by atoms with Crippen LogP contribution in [-0.2, 0) is 0 Å². The highest BCUT2D eigenvalue weighted by Gasteiger charge is 2.04. The zero-order valence-corrected chi connectivity index (χ0v) is 8.15. The molecule has 0 radical (unpaired) electrons. The molecule has 2 aromatic rings. The first-order valence-corrected chi connectivity index (χ1v) is 4.40. The summed E-state index contributed by atoms with van der Waals surface area (Å²) >= 11 is 3.34. The fraction of sp³-hybridized carbons (Fsp3) is 0. The Morgan fingerprint density at radius 2 is 2.31 bits per heavy atom. The molecule has 0 saturated heterocycles. The van der Waals surface area contributed by atoms with Crippen LogP contribution in [0.3, 0.4) is 0 Å². The lowest BCUT2D eigenvalue weighted by atomic mass is 10.3. The van der Waals surface area contributed by atoms with Crippen molar-refractivity contribution in [3.8, 4) is 0 Å². The van der Waals surface area contributed by atoms with E-state index < -0.39 is 5.91 Å². The molecule has 5 heteroatoms. The predicted molar refractivity (Wildman–Crippen MR) is 51.4 cm³/mol. The second-order valence-electron chi connectivity index (χ2n) is 2.59. The Kier molecular flexibility index (Phi) is 1.81. The van der Waals surface area contributed by atoms with Gasteiger partial charge >= 0.3 is 0 Å². The summed E-state index contributed by atoms with van der Waals surface area (Å²) in [6, 6.07) is 5.40. The first kappa shape index (κ1) is 8.25. The van der Waals surface area contributed by atoms with Crippen LogP contribution in [0.5, 0.6) is 0 Å². The number of nitrogens with zero attached hydrogens (tertiary/aromatic N) is 2. The van der Waals surface area contributed by atoms with Crippen molar-refractivity contribution in [1.82, 2.24) is 9.38 Å². The molecule has 0 aliphatic heterocycles. The van der Waals surface area contributed by atoms with Gasteiger partial charge in [0.25, 0.3) is 5.91 Å². The van der Waals surface area contributed by atoms with E-state index in [-0.39, 0.29) is 5.69 Å². The lowest BCUT2D eigenvalue weighted by molar-refractivity contribution is 0.0995. The third-order valence-corrected chi connectivity index (χ3v) is 2.40. The van der Waals surface area contributed by atoms with Gasteiger partial charge in [0, 0.05) is 5.52 Å². The summed E-state index contributed by atoms with van der Waals surface area (Å²) in [5.41, 5.74) is 6.25. The first-order valence-electron chi connectivity index (χ1n) is 3.61. The Bertz CT molecular complexity index is 477. The maximum Gasteiger partial charge on any atom is 0.267 e. The molecule has 0 aromatic carbocycles. The van der Waals surface area contributed by atoms with E-state index in [1.54, 1.807) is 12.4 Å². The van der Waals surface area contributed by atoms with Crippen LogP contribution >= 0.6 is 15.9 Å². The number of carbonyl (C=O) groups excluding carboxylic acids is 1. The molecular formula is C8H6BrN3O. The van der Waals surface area contributed by atoms with E-state index in [1.807, 2.05) is 16.5 Å². The second kappa shape index (κ2) is 2.85. The van der Waals surface area contributed by atoms with E-state index in [1.165, 1.54) is 0 Å². The van der Waals surface area contributed by atoms with Crippen molar-refractivity contribution in [2.45, 2.75) is 0 Å². The van der Waals surface area contributed by atoms with Gasteiger partial charge in [0.05, 0.1) is 4.60 Å².